The highest BCUT2D eigenvalue weighted by molar-refractivity contribution is 6.18. The molecule has 1 aromatic carbocycles. The van der Waals surface area contributed by atoms with Crippen molar-refractivity contribution in [2.75, 3.05) is 0 Å². The summed E-state index contributed by atoms with van der Waals surface area (Å²) in [6.45, 7) is 10.1. The van der Waals surface area contributed by atoms with Crippen molar-refractivity contribution >= 4 is 11.5 Å². The first-order chi connectivity index (χ1) is 8.94. The molecule has 0 amide bonds. The summed E-state index contributed by atoms with van der Waals surface area (Å²) < 4.78 is 5.70. The maximum atomic E-state index is 12.2. The minimum Gasteiger partial charge on any atom is -0.451 e. The summed E-state index contributed by atoms with van der Waals surface area (Å²) in [6, 6.07) is 9.66. The predicted molar refractivity (Wildman–Crippen MR) is 77.5 cm³/mol. The van der Waals surface area contributed by atoms with Crippen molar-refractivity contribution in [1.82, 2.24) is 0 Å². The molecule has 0 saturated heterocycles. The van der Waals surface area contributed by atoms with Crippen LogP contribution in [0.25, 0.3) is 5.57 Å². The van der Waals surface area contributed by atoms with Crippen LogP contribution in [0.15, 0.2) is 48.6 Å². The van der Waals surface area contributed by atoms with Gasteiger partial charge in [-0.3, -0.25) is 0 Å². The first-order valence-corrected chi connectivity index (χ1v) is 6.60. The molecular weight excluding hydrogens is 236 g/mol. The van der Waals surface area contributed by atoms with Crippen LogP contribution in [-0.2, 0) is 9.53 Å². The Kier molecular flexibility index (Phi) is 3.61. The average molecular weight is 256 g/mol. The zero-order valence-corrected chi connectivity index (χ0v) is 11.8. The molecule has 0 N–H and O–H groups in total. The lowest BCUT2D eigenvalue weighted by atomic mass is 9.84. The first-order valence-electron chi connectivity index (χ1n) is 6.60. The van der Waals surface area contributed by atoms with Gasteiger partial charge < -0.3 is 4.74 Å². The van der Waals surface area contributed by atoms with E-state index in [0.29, 0.717) is 12.0 Å². The van der Waals surface area contributed by atoms with E-state index >= 15 is 0 Å². The van der Waals surface area contributed by atoms with E-state index in [4.69, 9.17) is 4.74 Å². The molecular formula is C17H20O2. The van der Waals surface area contributed by atoms with Crippen LogP contribution in [0.1, 0.15) is 32.8 Å². The summed E-state index contributed by atoms with van der Waals surface area (Å²) in [5, 5.41) is 0. The largest absolute Gasteiger partial charge is 0.451 e. The van der Waals surface area contributed by atoms with E-state index in [0.717, 1.165) is 11.1 Å². The molecule has 100 valence electrons. The van der Waals surface area contributed by atoms with Crippen molar-refractivity contribution in [3.8, 4) is 0 Å². The first kappa shape index (κ1) is 13.6. The van der Waals surface area contributed by atoms with Crippen LogP contribution in [0.2, 0.25) is 0 Å². The van der Waals surface area contributed by atoms with Gasteiger partial charge in [-0.15, -0.1) is 0 Å². The standard InChI is InChI=1S/C17H20O2/c1-12(2)10-17(13(3)4)11-15(16(18)19-17)14-8-6-5-7-9-14/h5-9,11,13H,1,10H2,2-4H3/t17-/m1/s1. The number of hydrogen-bond donors (Lipinski definition) is 0. The summed E-state index contributed by atoms with van der Waals surface area (Å²) >= 11 is 0. The van der Waals surface area contributed by atoms with Gasteiger partial charge >= 0.3 is 5.97 Å². The van der Waals surface area contributed by atoms with Crippen LogP contribution in [-0.4, -0.2) is 11.6 Å². The van der Waals surface area contributed by atoms with E-state index in [1.807, 2.05) is 43.3 Å². The number of cyclic esters (lactones) is 1. The molecule has 1 aliphatic rings. The Morgan fingerprint density at radius 1 is 1.32 bits per heavy atom. The average Bonchev–Trinajstić information content (AvgIpc) is 2.68. The Bertz CT molecular complexity index is 525. The Morgan fingerprint density at radius 3 is 2.47 bits per heavy atom. The third-order valence-electron chi connectivity index (χ3n) is 3.53. The molecule has 1 atom stereocenters. The monoisotopic (exact) mass is 256 g/mol. The van der Waals surface area contributed by atoms with Gasteiger partial charge in [-0.1, -0.05) is 56.3 Å². The molecule has 0 unspecified atom stereocenters. The summed E-state index contributed by atoms with van der Waals surface area (Å²) in [4.78, 5) is 12.2. The van der Waals surface area contributed by atoms with Gasteiger partial charge in [0.25, 0.3) is 0 Å². The second-order valence-corrected chi connectivity index (χ2v) is 5.56. The number of ether oxygens (including phenoxy) is 1. The number of esters is 1. The van der Waals surface area contributed by atoms with Crippen LogP contribution >= 0.6 is 0 Å². The van der Waals surface area contributed by atoms with Gasteiger partial charge in [-0.05, 0) is 24.5 Å². The molecule has 2 rings (SSSR count). The van der Waals surface area contributed by atoms with Crippen LogP contribution in [0.5, 0.6) is 0 Å². The molecule has 0 radical (unpaired) electrons. The smallest absolute Gasteiger partial charge is 0.339 e. The Hall–Kier alpha value is -1.83. The molecule has 1 heterocycles. The van der Waals surface area contributed by atoms with Crippen molar-refractivity contribution in [1.29, 1.82) is 0 Å². The topological polar surface area (TPSA) is 26.3 Å². The summed E-state index contributed by atoms with van der Waals surface area (Å²) in [5.74, 6) is -0.0180. The number of carbonyl (C=O) groups excluding carboxylic acids is 1. The van der Waals surface area contributed by atoms with Gasteiger partial charge in [0.2, 0.25) is 0 Å². The summed E-state index contributed by atoms with van der Waals surface area (Å²) in [5.41, 5.74) is 2.05. The molecule has 0 aliphatic carbocycles. The molecule has 0 saturated carbocycles. The molecule has 0 fully saturated rings. The minimum absolute atomic E-state index is 0.217. The van der Waals surface area contributed by atoms with E-state index in [1.54, 1.807) is 0 Å². The van der Waals surface area contributed by atoms with Gasteiger partial charge in [0.05, 0.1) is 5.57 Å². The molecule has 0 aromatic heterocycles. The number of rotatable bonds is 4. The molecule has 1 aromatic rings. The fraction of sp³-hybridized carbons (Fsp3) is 0.353. The van der Waals surface area contributed by atoms with E-state index in [2.05, 4.69) is 20.4 Å². The van der Waals surface area contributed by atoms with Gasteiger partial charge in [0, 0.05) is 6.42 Å². The van der Waals surface area contributed by atoms with Crippen LogP contribution < -0.4 is 0 Å². The van der Waals surface area contributed by atoms with Crippen molar-refractivity contribution < 1.29 is 9.53 Å². The highest BCUT2D eigenvalue weighted by Gasteiger charge is 2.42. The van der Waals surface area contributed by atoms with Crippen LogP contribution in [0, 0.1) is 5.92 Å². The fourth-order valence-electron chi connectivity index (χ4n) is 2.43. The minimum atomic E-state index is -0.548. The van der Waals surface area contributed by atoms with E-state index in [1.165, 1.54) is 0 Å². The summed E-state index contributed by atoms with van der Waals surface area (Å²) in [6.07, 6.45) is 2.65. The van der Waals surface area contributed by atoms with E-state index in [-0.39, 0.29) is 11.9 Å². The predicted octanol–water partition coefficient (Wildman–Crippen LogP) is 3.99. The lowest BCUT2D eigenvalue weighted by Gasteiger charge is -2.30. The molecule has 2 heteroatoms. The third kappa shape index (κ3) is 2.62. The summed E-state index contributed by atoms with van der Waals surface area (Å²) in [7, 11) is 0. The normalized spacial score (nSPS) is 22.3. The van der Waals surface area contributed by atoms with Crippen LogP contribution in [0.3, 0.4) is 0 Å². The second kappa shape index (κ2) is 5.04. The number of benzene rings is 1. The molecule has 0 spiro atoms. The van der Waals surface area contributed by atoms with Crippen molar-refractivity contribution in [2.45, 2.75) is 32.8 Å². The molecule has 0 bridgehead atoms. The Morgan fingerprint density at radius 2 is 1.95 bits per heavy atom. The van der Waals surface area contributed by atoms with Gasteiger partial charge in [0.1, 0.15) is 5.60 Å². The Balaban J connectivity index is 2.43. The van der Waals surface area contributed by atoms with E-state index in [9.17, 15) is 4.79 Å². The van der Waals surface area contributed by atoms with Gasteiger partial charge in [-0.25, -0.2) is 4.79 Å². The van der Waals surface area contributed by atoms with Gasteiger partial charge in [-0.2, -0.15) is 0 Å². The SMILES string of the molecule is C=C(C)C[C@]1(C(C)C)C=C(c2ccccc2)C(=O)O1. The maximum absolute atomic E-state index is 12.2. The molecule has 19 heavy (non-hydrogen) atoms. The lowest BCUT2D eigenvalue weighted by Crippen LogP contribution is -2.34. The number of carbonyl (C=O) groups is 1. The number of hydrogen-bond acceptors (Lipinski definition) is 2. The van der Waals surface area contributed by atoms with Crippen molar-refractivity contribution in [3.05, 3.63) is 54.1 Å². The highest BCUT2D eigenvalue weighted by Crippen LogP contribution is 2.39. The second-order valence-electron chi connectivity index (χ2n) is 5.56. The zero-order valence-electron chi connectivity index (χ0n) is 11.8. The highest BCUT2D eigenvalue weighted by atomic mass is 16.6. The Labute approximate surface area is 114 Å². The maximum Gasteiger partial charge on any atom is 0.339 e. The third-order valence-corrected chi connectivity index (χ3v) is 3.53. The fourth-order valence-corrected chi connectivity index (χ4v) is 2.43. The van der Waals surface area contributed by atoms with Crippen LogP contribution in [0.4, 0.5) is 0 Å². The lowest BCUT2D eigenvalue weighted by molar-refractivity contribution is -0.147. The quantitative estimate of drug-likeness (QED) is 0.601. The van der Waals surface area contributed by atoms with Gasteiger partial charge in [0.15, 0.2) is 0 Å². The van der Waals surface area contributed by atoms with E-state index < -0.39 is 5.60 Å². The van der Waals surface area contributed by atoms with Crippen molar-refractivity contribution in [3.63, 3.8) is 0 Å². The molecule has 1 aliphatic heterocycles. The van der Waals surface area contributed by atoms with Crippen molar-refractivity contribution in [2.24, 2.45) is 5.92 Å². The zero-order chi connectivity index (χ0) is 14.0. The molecule has 2 nitrogen and oxygen atoms in total.